The van der Waals surface area contributed by atoms with Gasteiger partial charge in [-0.3, -0.25) is 0 Å². The molecule has 0 saturated carbocycles. The molecule has 0 aliphatic carbocycles. The second-order valence-corrected chi connectivity index (χ2v) is 3.00. The molecule has 7 heteroatoms. The van der Waals surface area contributed by atoms with Crippen LogP contribution >= 0.6 is 0 Å². The van der Waals surface area contributed by atoms with E-state index < -0.39 is 34.8 Å². The molecule has 1 rings (SSSR count). The number of rotatable bonds is 2. The second kappa shape index (κ2) is 4.60. The van der Waals surface area contributed by atoms with E-state index in [1.807, 2.05) is 0 Å². The Morgan fingerprint density at radius 2 is 1.82 bits per heavy atom. The monoisotopic (exact) mass is 252 g/mol. The maximum absolute atomic E-state index is 13.6. The molecule has 0 unspecified atom stereocenters. The van der Waals surface area contributed by atoms with Crippen molar-refractivity contribution in [2.24, 2.45) is 0 Å². The van der Waals surface area contributed by atoms with Crippen LogP contribution in [0.5, 0.6) is 5.75 Å². The molecule has 0 heterocycles. The molecule has 0 aliphatic rings. The standard InChI is InChI=1S/C10H8F4O3/c1-16-8-6(10(12,13)14)4-3-5(7(8)11)9(15)17-2/h3-4H,1-2H3. The first kappa shape index (κ1) is 13.3. The molecule has 0 atom stereocenters. The van der Waals surface area contributed by atoms with Gasteiger partial charge in [0.25, 0.3) is 0 Å². The van der Waals surface area contributed by atoms with E-state index in [0.717, 1.165) is 14.2 Å². The Hall–Kier alpha value is -1.79. The maximum atomic E-state index is 13.6. The molecule has 1 aromatic carbocycles. The fourth-order valence-corrected chi connectivity index (χ4v) is 1.25. The largest absolute Gasteiger partial charge is 0.493 e. The molecule has 0 spiro atoms. The number of ether oxygens (including phenoxy) is 2. The van der Waals surface area contributed by atoms with Gasteiger partial charge in [0.15, 0.2) is 11.6 Å². The molecule has 0 aromatic heterocycles. The minimum Gasteiger partial charge on any atom is -0.493 e. The van der Waals surface area contributed by atoms with Gasteiger partial charge in [-0.05, 0) is 12.1 Å². The molecule has 0 fully saturated rings. The maximum Gasteiger partial charge on any atom is 0.420 e. The van der Waals surface area contributed by atoms with E-state index in [9.17, 15) is 22.4 Å². The van der Waals surface area contributed by atoms with Crippen LogP contribution in [-0.2, 0) is 10.9 Å². The number of alkyl halides is 3. The summed E-state index contributed by atoms with van der Waals surface area (Å²) in [6.07, 6.45) is -4.76. The molecule has 0 amide bonds. The normalized spacial score (nSPS) is 11.2. The zero-order valence-electron chi connectivity index (χ0n) is 8.89. The first-order chi connectivity index (χ1) is 7.82. The lowest BCUT2D eigenvalue weighted by Crippen LogP contribution is -2.12. The molecule has 3 nitrogen and oxygen atoms in total. The van der Waals surface area contributed by atoms with Crippen molar-refractivity contribution < 1.29 is 31.8 Å². The first-order valence-electron chi connectivity index (χ1n) is 4.35. The zero-order valence-corrected chi connectivity index (χ0v) is 8.89. The zero-order chi connectivity index (χ0) is 13.2. The van der Waals surface area contributed by atoms with Crippen molar-refractivity contribution in [3.63, 3.8) is 0 Å². The Bertz CT molecular complexity index is 440. The molecule has 94 valence electrons. The van der Waals surface area contributed by atoms with Gasteiger partial charge < -0.3 is 9.47 Å². The number of hydrogen-bond donors (Lipinski definition) is 0. The fraction of sp³-hybridized carbons (Fsp3) is 0.300. The lowest BCUT2D eigenvalue weighted by molar-refractivity contribution is -0.139. The summed E-state index contributed by atoms with van der Waals surface area (Å²) in [5.74, 6) is -3.50. The van der Waals surface area contributed by atoms with Gasteiger partial charge in [-0.1, -0.05) is 0 Å². The molecule has 0 radical (unpaired) electrons. The van der Waals surface area contributed by atoms with Crippen molar-refractivity contribution in [2.45, 2.75) is 6.18 Å². The van der Waals surface area contributed by atoms with Gasteiger partial charge in [0.2, 0.25) is 0 Å². The van der Waals surface area contributed by atoms with E-state index in [4.69, 9.17) is 0 Å². The molecule has 17 heavy (non-hydrogen) atoms. The van der Waals surface area contributed by atoms with Crippen LogP contribution in [0.25, 0.3) is 0 Å². The third kappa shape index (κ3) is 2.48. The van der Waals surface area contributed by atoms with Crippen molar-refractivity contribution in [3.05, 3.63) is 29.1 Å². The van der Waals surface area contributed by atoms with E-state index in [1.54, 1.807) is 0 Å². The highest BCUT2D eigenvalue weighted by molar-refractivity contribution is 5.90. The minimum absolute atomic E-state index is 0.564. The van der Waals surface area contributed by atoms with Gasteiger partial charge in [0.05, 0.1) is 19.8 Å². The van der Waals surface area contributed by atoms with Crippen LogP contribution in [0.3, 0.4) is 0 Å². The Kier molecular flexibility index (Phi) is 3.59. The Morgan fingerprint density at radius 1 is 1.24 bits per heavy atom. The lowest BCUT2D eigenvalue weighted by atomic mass is 10.1. The van der Waals surface area contributed by atoms with Crippen LogP contribution < -0.4 is 4.74 Å². The Labute approximate surface area is 93.9 Å². The van der Waals surface area contributed by atoms with E-state index >= 15 is 0 Å². The van der Waals surface area contributed by atoms with Crippen molar-refractivity contribution in [3.8, 4) is 5.75 Å². The van der Waals surface area contributed by atoms with Gasteiger partial charge in [-0.25, -0.2) is 9.18 Å². The quantitative estimate of drug-likeness (QED) is 0.599. The lowest BCUT2D eigenvalue weighted by Gasteiger charge is -2.13. The second-order valence-electron chi connectivity index (χ2n) is 3.00. The summed E-state index contributed by atoms with van der Waals surface area (Å²) in [6, 6.07) is 1.26. The first-order valence-corrected chi connectivity index (χ1v) is 4.35. The number of carbonyl (C=O) groups excluding carboxylic acids is 1. The number of carbonyl (C=O) groups is 1. The van der Waals surface area contributed by atoms with Gasteiger partial charge in [0, 0.05) is 0 Å². The Balaban J connectivity index is 3.43. The summed E-state index contributed by atoms with van der Waals surface area (Å²) in [4.78, 5) is 11.1. The Morgan fingerprint density at radius 3 is 2.24 bits per heavy atom. The van der Waals surface area contributed by atoms with Crippen LogP contribution in [0, 0.1) is 5.82 Å². The van der Waals surface area contributed by atoms with Crippen molar-refractivity contribution in [1.29, 1.82) is 0 Å². The fourth-order valence-electron chi connectivity index (χ4n) is 1.25. The highest BCUT2D eigenvalue weighted by Crippen LogP contribution is 2.38. The molecule has 1 aromatic rings. The smallest absolute Gasteiger partial charge is 0.420 e. The molecular weight excluding hydrogens is 244 g/mol. The minimum atomic E-state index is -4.76. The molecule has 0 saturated heterocycles. The number of hydrogen-bond acceptors (Lipinski definition) is 3. The van der Waals surface area contributed by atoms with Crippen molar-refractivity contribution in [2.75, 3.05) is 14.2 Å². The summed E-state index contributed by atoms with van der Waals surface area (Å²) in [5.41, 5.74) is -1.90. The SMILES string of the molecule is COC(=O)c1ccc(C(F)(F)F)c(OC)c1F. The molecular formula is C10H8F4O3. The van der Waals surface area contributed by atoms with Gasteiger partial charge in [-0.15, -0.1) is 0 Å². The van der Waals surface area contributed by atoms with E-state index in [0.29, 0.717) is 12.1 Å². The van der Waals surface area contributed by atoms with Gasteiger partial charge >= 0.3 is 12.1 Å². The average Bonchev–Trinajstić information content (AvgIpc) is 2.26. The van der Waals surface area contributed by atoms with Crippen LogP contribution in [0.2, 0.25) is 0 Å². The number of esters is 1. The average molecular weight is 252 g/mol. The topological polar surface area (TPSA) is 35.5 Å². The van der Waals surface area contributed by atoms with E-state index in [2.05, 4.69) is 9.47 Å². The third-order valence-electron chi connectivity index (χ3n) is 2.01. The predicted octanol–water partition coefficient (Wildman–Crippen LogP) is 2.64. The highest BCUT2D eigenvalue weighted by Gasteiger charge is 2.37. The summed E-state index contributed by atoms with van der Waals surface area (Å²) >= 11 is 0. The predicted molar refractivity (Wildman–Crippen MR) is 49.3 cm³/mol. The highest BCUT2D eigenvalue weighted by atomic mass is 19.4. The summed E-state index contributed by atoms with van der Waals surface area (Å²) in [6.45, 7) is 0. The van der Waals surface area contributed by atoms with Gasteiger partial charge in [-0.2, -0.15) is 13.2 Å². The number of methoxy groups -OCH3 is 2. The summed E-state index contributed by atoms with van der Waals surface area (Å²) in [5, 5.41) is 0. The third-order valence-corrected chi connectivity index (χ3v) is 2.01. The molecule has 0 aliphatic heterocycles. The van der Waals surface area contributed by atoms with E-state index in [-0.39, 0.29) is 0 Å². The van der Waals surface area contributed by atoms with Crippen LogP contribution in [0.15, 0.2) is 12.1 Å². The number of halogens is 4. The summed E-state index contributed by atoms with van der Waals surface area (Å²) < 4.78 is 59.5. The van der Waals surface area contributed by atoms with Crippen molar-refractivity contribution in [1.82, 2.24) is 0 Å². The van der Waals surface area contributed by atoms with E-state index in [1.165, 1.54) is 0 Å². The molecule has 0 N–H and O–H groups in total. The summed E-state index contributed by atoms with van der Waals surface area (Å²) in [7, 11) is 1.88. The number of benzene rings is 1. The van der Waals surface area contributed by atoms with Crippen LogP contribution in [0.4, 0.5) is 17.6 Å². The van der Waals surface area contributed by atoms with Crippen LogP contribution in [-0.4, -0.2) is 20.2 Å². The van der Waals surface area contributed by atoms with Crippen molar-refractivity contribution >= 4 is 5.97 Å². The van der Waals surface area contributed by atoms with Crippen LogP contribution in [0.1, 0.15) is 15.9 Å². The molecule has 0 bridgehead atoms. The van der Waals surface area contributed by atoms with Gasteiger partial charge in [0.1, 0.15) is 5.56 Å².